The summed E-state index contributed by atoms with van der Waals surface area (Å²) >= 11 is 6.15. The molecule has 1 aliphatic carbocycles. The molecule has 5 heteroatoms. The molecule has 0 aromatic heterocycles. The van der Waals surface area contributed by atoms with Crippen molar-refractivity contribution in [2.24, 2.45) is 0 Å². The smallest absolute Gasteiger partial charge is 0.221 e. The summed E-state index contributed by atoms with van der Waals surface area (Å²) in [4.78, 5) is 13.7. The number of rotatable bonds is 4. The van der Waals surface area contributed by atoms with Crippen LogP contribution in [-0.4, -0.2) is 31.6 Å². The van der Waals surface area contributed by atoms with Gasteiger partial charge in [0.2, 0.25) is 5.91 Å². The van der Waals surface area contributed by atoms with Crippen molar-refractivity contribution >= 4 is 23.2 Å². The lowest BCUT2D eigenvalue weighted by molar-refractivity contribution is -0.120. The van der Waals surface area contributed by atoms with Crippen LogP contribution in [0.25, 0.3) is 0 Å². The van der Waals surface area contributed by atoms with Gasteiger partial charge in [-0.25, -0.2) is 0 Å². The highest BCUT2D eigenvalue weighted by Crippen LogP contribution is 2.27. The predicted molar refractivity (Wildman–Crippen MR) is 81.2 cm³/mol. The SMILES string of the molecule is O=C1CCN(c2cc(Cl)ccc2CNC2CC2)CCN1. The van der Waals surface area contributed by atoms with Crippen molar-refractivity contribution in [1.29, 1.82) is 0 Å². The van der Waals surface area contributed by atoms with E-state index in [9.17, 15) is 4.79 Å². The van der Waals surface area contributed by atoms with E-state index < -0.39 is 0 Å². The lowest BCUT2D eigenvalue weighted by Gasteiger charge is -2.25. The van der Waals surface area contributed by atoms with Crippen molar-refractivity contribution in [2.75, 3.05) is 24.5 Å². The molecule has 0 bridgehead atoms. The van der Waals surface area contributed by atoms with Crippen molar-refractivity contribution in [3.8, 4) is 0 Å². The van der Waals surface area contributed by atoms with Crippen LogP contribution in [-0.2, 0) is 11.3 Å². The van der Waals surface area contributed by atoms with Crippen LogP contribution < -0.4 is 15.5 Å². The van der Waals surface area contributed by atoms with E-state index in [1.54, 1.807) is 0 Å². The lowest BCUT2D eigenvalue weighted by Crippen LogP contribution is -2.29. The van der Waals surface area contributed by atoms with Crippen LogP contribution in [0.15, 0.2) is 18.2 Å². The van der Waals surface area contributed by atoms with E-state index in [1.807, 2.05) is 12.1 Å². The predicted octanol–water partition coefficient (Wildman–Crippen LogP) is 1.92. The van der Waals surface area contributed by atoms with Crippen LogP contribution >= 0.6 is 11.6 Å². The van der Waals surface area contributed by atoms with Gasteiger partial charge in [0.15, 0.2) is 0 Å². The maximum atomic E-state index is 11.5. The summed E-state index contributed by atoms with van der Waals surface area (Å²) in [6.07, 6.45) is 3.11. The molecule has 4 nitrogen and oxygen atoms in total. The summed E-state index contributed by atoms with van der Waals surface area (Å²) in [5.41, 5.74) is 2.41. The molecule has 1 saturated heterocycles. The Morgan fingerprint density at radius 1 is 1.35 bits per heavy atom. The van der Waals surface area contributed by atoms with Crippen LogP contribution in [0, 0.1) is 0 Å². The molecule has 1 saturated carbocycles. The first-order valence-electron chi connectivity index (χ1n) is 7.26. The summed E-state index contributed by atoms with van der Waals surface area (Å²) in [7, 11) is 0. The largest absolute Gasteiger partial charge is 0.369 e. The second-order valence-electron chi connectivity index (χ2n) is 5.52. The first-order chi connectivity index (χ1) is 9.72. The molecule has 1 aromatic carbocycles. The second-order valence-corrected chi connectivity index (χ2v) is 5.95. The fourth-order valence-corrected chi connectivity index (χ4v) is 2.70. The van der Waals surface area contributed by atoms with Crippen molar-refractivity contribution in [3.63, 3.8) is 0 Å². The Bertz CT molecular complexity index is 502. The van der Waals surface area contributed by atoms with Gasteiger partial charge in [-0.15, -0.1) is 0 Å². The van der Waals surface area contributed by atoms with Gasteiger partial charge in [-0.2, -0.15) is 0 Å². The number of amides is 1. The Kier molecular flexibility index (Phi) is 4.13. The summed E-state index contributed by atoms with van der Waals surface area (Å²) in [6, 6.07) is 6.73. The topological polar surface area (TPSA) is 44.4 Å². The van der Waals surface area contributed by atoms with Crippen molar-refractivity contribution in [2.45, 2.75) is 31.8 Å². The quantitative estimate of drug-likeness (QED) is 0.891. The number of carbonyl (C=O) groups excluding carboxylic acids is 1. The van der Waals surface area contributed by atoms with Gasteiger partial charge in [0.25, 0.3) is 0 Å². The van der Waals surface area contributed by atoms with Crippen molar-refractivity contribution in [3.05, 3.63) is 28.8 Å². The standard InChI is InChI=1S/C15H20ClN3O/c16-12-2-1-11(10-18-13-3-4-13)14(9-12)19-7-5-15(20)17-6-8-19/h1-2,9,13,18H,3-8,10H2,(H,17,20). The van der Waals surface area contributed by atoms with Gasteiger partial charge in [0, 0.05) is 49.4 Å². The Hall–Kier alpha value is -1.26. The van der Waals surface area contributed by atoms with Crippen molar-refractivity contribution in [1.82, 2.24) is 10.6 Å². The van der Waals surface area contributed by atoms with Crippen LogP contribution in [0.4, 0.5) is 5.69 Å². The molecule has 0 unspecified atom stereocenters. The first-order valence-corrected chi connectivity index (χ1v) is 7.63. The molecule has 1 aliphatic heterocycles. The number of hydrogen-bond acceptors (Lipinski definition) is 3. The van der Waals surface area contributed by atoms with Crippen LogP contribution in [0.1, 0.15) is 24.8 Å². The molecule has 0 spiro atoms. The summed E-state index contributed by atoms with van der Waals surface area (Å²) in [6.45, 7) is 3.15. The maximum Gasteiger partial charge on any atom is 0.221 e. The fraction of sp³-hybridized carbons (Fsp3) is 0.533. The van der Waals surface area contributed by atoms with E-state index in [-0.39, 0.29) is 5.91 Å². The number of carbonyl (C=O) groups is 1. The summed E-state index contributed by atoms with van der Waals surface area (Å²) in [5.74, 6) is 0.132. The Balaban J connectivity index is 1.77. The minimum atomic E-state index is 0.132. The van der Waals surface area contributed by atoms with Gasteiger partial charge in [-0.05, 0) is 30.5 Å². The highest BCUT2D eigenvalue weighted by molar-refractivity contribution is 6.30. The Morgan fingerprint density at radius 2 is 2.20 bits per heavy atom. The highest BCUT2D eigenvalue weighted by Gasteiger charge is 2.22. The zero-order valence-corrected chi connectivity index (χ0v) is 12.2. The van der Waals surface area contributed by atoms with Gasteiger partial charge < -0.3 is 15.5 Å². The average Bonchev–Trinajstić information content (AvgIpc) is 3.25. The van der Waals surface area contributed by atoms with E-state index in [2.05, 4.69) is 21.6 Å². The second kappa shape index (κ2) is 6.02. The van der Waals surface area contributed by atoms with Crippen molar-refractivity contribution < 1.29 is 4.79 Å². The molecule has 1 heterocycles. The third-order valence-electron chi connectivity index (χ3n) is 3.86. The molecule has 0 radical (unpaired) electrons. The van der Waals surface area contributed by atoms with E-state index in [4.69, 9.17) is 11.6 Å². The Labute approximate surface area is 124 Å². The molecule has 1 amide bonds. The molecule has 108 valence electrons. The molecule has 1 aromatic rings. The van der Waals surface area contributed by atoms with E-state index >= 15 is 0 Å². The van der Waals surface area contributed by atoms with Crippen LogP contribution in [0.2, 0.25) is 5.02 Å². The summed E-state index contributed by atoms with van der Waals surface area (Å²) < 4.78 is 0. The van der Waals surface area contributed by atoms with Crippen LogP contribution in [0.5, 0.6) is 0 Å². The zero-order valence-electron chi connectivity index (χ0n) is 11.5. The number of halogens is 1. The molecule has 20 heavy (non-hydrogen) atoms. The number of anilines is 1. The fourth-order valence-electron chi connectivity index (χ4n) is 2.53. The van der Waals surface area contributed by atoms with Gasteiger partial charge in [0.1, 0.15) is 0 Å². The summed E-state index contributed by atoms with van der Waals surface area (Å²) in [5, 5.41) is 7.20. The van der Waals surface area contributed by atoms with E-state index in [0.717, 1.165) is 30.3 Å². The van der Waals surface area contributed by atoms with Gasteiger partial charge in [-0.1, -0.05) is 17.7 Å². The van der Waals surface area contributed by atoms with Gasteiger partial charge in [0.05, 0.1) is 0 Å². The molecular formula is C15H20ClN3O. The molecular weight excluding hydrogens is 274 g/mol. The number of nitrogens with zero attached hydrogens (tertiary/aromatic N) is 1. The third-order valence-corrected chi connectivity index (χ3v) is 4.09. The number of benzene rings is 1. The number of nitrogens with one attached hydrogen (secondary N) is 2. The molecule has 2 aliphatic rings. The molecule has 2 fully saturated rings. The molecule has 3 rings (SSSR count). The van der Waals surface area contributed by atoms with Crippen LogP contribution in [0.3, 0.4) is 0 Å². The van der Waals surface area contributed by atoms with E-state index in [1.165, 1.54) is 18.4 Å². The highest BCUT2D eigenvalue weighted by atomic mass is 35.5. The van der Waals surface area contributed by atoms with E-state index in [0.29, 0.717) is 19.0 Å². The zero-order chi connectivity index (χ0) is 13.9. The monoisotopic (exact) mass is 293 g/mol. The maximum absolute atomic E-state index is 11.5. The molecule has 2 N–H and O–H groups in total. The van der Waals surface area contributed by atoms with Gasteiger partial charge >= 0.3 is 0 Å². The minimum Gasteiger partial charge on any atom is -0.369 e. The Morgan fingerprint density at radius 3 is 3.00 bits per heavy atom. The molecule has 0 atom stereocenters. The number of hydrogen-bond donors (Lipinski definition) is 2. The minimum absolute atomic E-state index is 0.132. The van der Waals surface area contributed by atoms with Gasteiger partial charge in [-0.3, -0.25) is 4.79 Å². The average molecular weight is 294 g/mol. The lowest BCUT2D eigenvalue weighted by atomic mass is 10.1. The normalized spacial score (nSPS) is 19.6. The third kappa shape index (κ3) is 3.44. The first kappa shape index (κ1) is 13.7.